The average Bonchev–Trinajstić information content (AvgIpc) is 2.41. The van der Waals surface area contributed by atoms with Gasteiger partial charge in [0.2, 0.25) is 0 Å². The van der Waals surface area contributed by atoms with E-state index < -0.39 is 0 Å². The van der Waals surface area contributed by atoms with Crippen molar-refractivity contribution in [2.75, 3.05) is 18.4 Å². The number of nitrogens with zero attached hydrogens (tertiary/aromatic N) is 2. The number of hydrogen-bond donors (Lipinski definition) is 3. The van der Waals surface area contributed by atoms with Crippen molar-refractivity contribution in [1.82, 2.24) is 9.97 Å². The van der Waals surface area contributed by atoms with Gasteiger partial charge in [0.25, 0.3) is 0 Å². The number of nitrogens with one attached hydrogen (secondary N) is 1. The van der Waals surface area contributed by atoms with Gasteiger partial charge in [0.15, 0.2) is 0 Å². The Balaban J connectivity index is 2.31. The third-order valence-electron chi connectivity index (χ3n) is 2.75. The van der Waals surface area contributed by atoms with Crippen LogP contribution in [0.5, 0.6) is 5.75 Å². The smallest absolute Gasteiger partial charge is 0.126 e. The number of phenolic OH excluding ortho intramolecular Hbond substituents is 1. The van der Waals surface area contributed by atoms with E-state index in [1.54, 1.807) is 18.3 Å². The minimum Gasteiger partial charge on any atom is -0.508 e. The molecule has 0 amide bonds. The number of aromatic hydroxyl groups is 1. The van der Waals surface area contributed by atoms with Crippen LogP contribution in [0.25, 0.3) is 11.3 Å². The molecule has 0 fully saturated rings. The van der Waals surface area contributed by atoms with Crippen LogP contribution in [0.1, 0.15) is 12.2 Å². The van der Waals surface area contributed by atoms with Gasteiger partial charge in [0, 0.05) is 12.1 Å². The first kappa shape index (κ1) is 13.3. The molecule has 0 aliphatic heterocycles. The summed E-state index contributed by atoms with van der Waals surface area (Å²) in [6, 6.07) is 6.98. The third-order valence-corrected chi connectivity index (χ3v) is 2.75. The number of aromatic nitrogens is 2. The lowest BCUT2D eigenvalue weighted by Crippen LogP contribution is -2.10. The Hall–Kier alpha value is -2.14. The number of rotatable bonds is 5. The van der Waals surface area contributed by atoms with Gasteiger partial charge in [-0.3, -0.25) is 0 Å². The summed E-state index contributed by atoms with van der Waals surface area (Å²) in [5.41, 5.74) is 8.14. The molecule has 1 aromatic carbocycles. The van der Waals surface area contributed by atoms with Crippen LogP contribution in [0.4, 0.5) is 5.69 Å². The maximum Gasteiger partial charge on any atom is 0.126 e. The van der Waals surface area contributed by atoms with Crippen LogP contribution in [-0.4, -0.2) is 28.2 Å². The molecule has 1 heterocycles. The molecule has 2 rings (SSSR count). The monoisotopic (exact) mass is 258 g/mol. The fourth-order valence-electron chi connectivity index (χ4n) is 1.76. The van der Waals surface area contributed by atoms with Crippen molar-refractivity contribution in [3.05, 3.63) is 36.3 Å². The van der Waals surface area contributed by atoms with Crippen molar-refractivity contribution in [3.8, 4) is 17.0 Å². The van der Waals surface area contributed by atoms with Crippen LogP contribution in [0.2, 0.25) is 0 Å². The lowest BCUT2D eigenvalue weighted by Gasteiger charge is -2.11. The highest BCUT2D eigenvalue weighted by Gasteiger charge is 2.08. The van der Waals surface area contributed by atoms with E-state index in [4.69, 9.17) is 5.73 Å². The first-order valence-electron chi connectivity index (χ1n) is 6.27. The molecule has 0 spiro atoms. The molecule has 1 aromatic heterocycles. The van der Waals surface area contributed by atoms with E-state index >= 15 is 0 Å². The predicted octanol–water partition coefficient (Wildman–Crippen LogP) is 1.92. The molecule has 5 nitrogen and oxygen atoms in total. The van der Waals surface area contributed by atoms with Gasteiger partial charge in [-0.05, 0) is 44.2 Å². The van der Waals surface area contributed by atoms with Gasteiger partial charge in [-0.15, -0.1) is 0 Å². The molecular weight excluding hydrogens is 240 g/mol. The molecule has 100 valence electrons. The fraction of sp³-hybridized carbons (Fsp3) is 0.286. The van der Waals surface area contributed by atoms with Gasteiger partial charge < -0.3 is 16.2 Å². The van der Waals surface area contributed by atoms with Crippen molar-refractivity contribution in [1.29, 1.82) is 0 Å². The van der Waals surface area contributed by atoms with Crippen molar-refractivity contribution in [3.63, 3.8) is 0 Å². The lowest BCUT2D eigenvalue weighted by molar-refractivity contribution is 0.475. The molecular formula is C14H18N4O. The molecule has 0 saturated carbocycles. The van der Waals surface area contributed by atoms with E-state index in [2.05, 4.69) is 15.3 Å². The highest BCUT2D eigenvalue weighted by atomic mass is 16.3. The average molecular weight is 258 g/mol. The molecule has 0 bridgehead atoms. The largest absolute Gasteiger partial charge is 0.508 e. The highest BCUT2D eigenvalue weighted by molar-refractivity contribution is 5.73. The van der Waals surface area contributed by atoms with Crippen LogP contribution in [0, 0.1) is 6.92 Å². The molecule has 4 N–H and O–H groups in total. The van der Waals surface area contributed by atoms with Crippen molar-refractivity contribution >= 4 is 5.69 Å². The van der Waals surface area contributed by atoms with Crippen molar-refractivity contribution < 1.29 is 5.11 Å². The summed E-state index contributed by atoms with van der Waals surface area (Å²) >= 11 is 0. The highest BCUT2D eigenvalue weighted by Crippen LogP contribution is 2.26. The zero-order valence-corrected chi connectivity index (χ0v) is 10.9. The van der Waals surface area contributed by atoms with E-state index in [1.807, 2.05) is 19.1 Å². The minimum absolute atomic E-state index is 0.243. The number of anilines is 1. The Kier molecular flexibility index (Phi) is 4.30. The SMILES string of the molecule is Cc1ncc(NCCCN)c(-c2ccc(O)cc2)n1. The molecule has 2 aromatic rings. The molecule has 0 aliphatic rings. The zero-order chi connectivity index (χ0) is 13.7. The normalized spacial score (nSPS) is 10.4. The Labute approximate surface area is 112 Å². The van der Waals surface area contributed by atoms with E-state index in [1.165, 1.54) is 0 Å². The summed E-state index contributed by atoms with van der Waals surface area (Å²) in [7, 11) is 0. The number of nitrogens with two attached hydrogens (primary N) is 1. The Morgan fingerprint density at radius 1 is 1.26 bits per heavy atom. The number of phenols is 1. The summed E-state index contributed by atoms with van der Waals surface area (Å²) in [4.78, 5) is 8.67. The van der Waals surface area contributed by atoms with Crippen LogP contribution >= 0.6 is 0 Å². The lowest BCUT2D eigenvalue weighted by atomic mass is 10.1. The second-order valence-electron chi connectivity index (χ2n) is 4.30. The molecule has 0 radical (unpaired) electrons. The van der Waals surface area contributed by atoms with Crippen LogP contribution in [0.15, 0.2) is 30.5 Å². The van der Waals surface area contributed by atoms with E-state index in [0.29, 0.717) is 12.4 Å². The van der Waals surface area contributed by atoms with E-state index in [9.17, 15) is 5.11 Å². The standard InChI is InChI=1S/C14H18N4O/c1-10-17-9-13(16-8-2-7-15)14(18-10)11-3-5-12(19)6-4-11/h3-6,9,16,19H,2,7-8,15H2,1H3. The summed E-state index contributed by atoms with van der Waals surface area (Å²) in [6.07, 6.45) is 2.67. The Morgan fingerprint density at radius 3 is 2.68 bits per heavy atom. The van der Waals surface area contributed by atoms with Gasteiger partial charge >= 0.3 is 0 Å². The maximum atomic E-state index is 9.34. The number of benzene rings is 1. The third kappa shape index (κ3) is 3.42. The second-order valence-corrected chi connectivity index (χ2v) is 4.30. The van der Waals surface area contributed by atoms with Crippen molar-refractivity contribution in [2.24, 2.45) is 5.73 Å². The van der Waals surface area contributed by atoms with Gasteiger partial charge in [-0.1, -0.05) is 0 Å². The van der Waals surface area contributed by atoms with Crippen LogP contribution < -0.4 is 11.1 Å². The predicted molar refractivity (Wildman–Crippen MR) is 76.0 cm³/mol. The maximum absolute atomic E-state index is 9.34. The molecule has 5 heteroatoms. The molecule has 0 atom stereocenters. The molecule has 0 unspecified atom stereocenters. The first-order valence-corrected chi connectivity index (χ1v) is 6.27. The minimum atomic E-state index is 0.243. The fourth-order valence-corrected chi connectivity index (χ4v) is 1.76. The Bertz CT molecular complexity index is 540. The molecule has 19 heavy (non-hydrogen) atoms. The van der Waals surface area contributed by atoms with E-state index in [-0.39, 0.29) is 5.75 Å². The summed E-state index contributed by atoms with van der Waals surface area (Å²) in [5.74, 6) is 0.958. The van der Waals surface area contributed by atoms with Crippen LogP contribution in [0.3, 0.4) is 0 Å². The summed E-state index contributed by atoms with van der Waals surface area (Å²) in [5, 5.41) is 12.6. The zero-order valence-electron chi connectivity index (χ0n) is 10.9. The first-order chi connectivity index (χ1) is 9.20. The van der Waals surface area contributed by atoms with Gasteiger partial charge in [-0.25, -0.2) is 9.97 Å². The summed E-state index contributed by atoms with van der Waals surface area (Å²) < 4.78 is 0. The van der Waals surface area contributed by atoms with Gasteiger partial charge in [-0.2, -0.15) is 0 Å². The number of aryl methyl sites for hydroxylation is 1. The van der Waals surface area contributed by atoms with E-state index in [0.717, 1.165) is 29.9 Å². The molecule has 0 saturated heterocycles. The quantitative estimate of drug-likeness (QED) is 0.713. The summed E-state index contributed by atoms with van der Waals surface area (Å²) in [6.45, 7) is 3.29. The van der Waals surface area contributed by atoms with Gasteiger partial charge in [0.1, 0.15) is 11.6 Å². The second kappa shape index (κ2) is 6.15. The van der Waals surface area contributed by atoms with Crippen LogP contribution in [-0.2, 0) is 0 Å². The Morgan fingerprint density at radius 2 is 2.00 bits per heavy atom. The number of hydrogen-bond acceptors (Lipinski definition) is 5. The molecule has 0 aliphatic carbocycles. The van der Waals surface area contributed by atoms with Gasteiger partial charge in [0.05, 0.1) is 17.6 Å². The van der Waals surface area contributed by atoms with Crippen molar-refractivity contribution in [2.45, 2.75) is 13.3 Å². The topological polar surface area (TPSA) is 84.1 Å².